The number of nitrogens with two attached hydrogens (primary N) is 1. The molecule has 2 heterocycles. The standard InChI is InChI=1S/C9H13BrN2O2S2.ClH/c1-6-4-8(15-9(6)10)16(13,14)12-3-2-7(11)5-12;/h4,7H,2-3,5,11H2,1H3;1H/t7-;/m1./s1. The fraction of sp³-hybridized carbons (Fsp3) is 0.556. The third kappa shape index (κ3) is 3.02. The van der Waals surface area contributed by atoms with Crippen LogP contribution in [-0.4, -0.2) is 31.9 Å². The number of halogens is 2. The van der Waals surface area contributed by atoms with Crippen LogP contribution in [0.1, 0.15) is 12.0 Å². The van der Waals surface area contributed by atoms with Gasteiger partial charge in [0.15, 0.2) is 0 Å². The molecule has 1 atom stereocenters. The van der Waals surface area contributed by atoms with E-state index >= 15 is 0 Å². The zero-order valence-electron chi connectivity index (χ0n) is 9.22. The lowest BCUT2D eigenvalue weighted by molar-refractivity contribution is 0.474. The van der Waals surface area contributed by atoms with Crippen LogP contribution in [0.2, 0.25) is 0 Å². The van der Waals surface area contributed by atoms with Crippen molar-refractivity contribution in [2.24, 2.45) is 5.73 Å². The third-order valence-corrected chi connectivity index (χ3v) is 7.07. The Morgan fingerprint density at radius 1 is 1.59 bits per heavy atom. The van der Waals surface area contributed by atoms with Gasteiger partial charge in [-0.05, 0) is 40.9 Å². The predicted molar refractivity (Wildman–Crippen MR) is 75.4 cm³/mol. The maximum atomic E-state index is 12.2. The van der Waals surface area contributed by atoms with Crippen molar-refractivity contribution in [3.63, 3.8) is 0 Å². The summed E-state index contributed by atoms with van der Waals surface area (Å²) in [7, 11) is -3.33. The van der Waals surface area contributed by atoms with Crippen molar-refractivity contribution in [2.45, 2.75) is 23.6 Å². The summed E-state index contributed by atoms with van der Waals surface area (Å²) in [4.78, 5) is 0. The first-order valence-corrected chi connectivity index (χ1v) is 7.98. The molecule has 1 aromatic rings. The molecule has 0 saturated carbocycles. The molecule has 8 heteroatoms. The number of nitrogens with zero attached hydrogens (tertiary/aromatic N) is 1. The predicted octanol–water partition coefficient (Wildman–Crippen LogP) is 1.96. The van der Waals surface area contributed by atoms with Crippen molar-refractivity contribution in [2.75, 3.05) is 13.1 Å². The van der Waals surface area contributed by atoms with E-state index in [1.165, 1.54) is 15.6 Å². The summed E-state index contributed by atoms with van der Waals surface area (Å²) in [5.74, 6) is 0. The zero-order valence-corrected chi connectivity index (χ0v) is 13.3. The van der Waals surface area contributed by atoms with Crippen LogP contribution in [0.5, 0.6) is 0 Å². The Balaban J connectivity index is 0.00000144. The minimum absolute atomic E-state index is 0. The van der Waals surface area contributed by atoms with Gasteiger partial charge < -0.3 is 5.73 Å². The molecule has 1 aliphatic heterocycles. The molecule has 0 aliphatic carbocycles. The molecule has 0 radical (unpaired) electrons. The monoisotopic (exact) mass is 360 g/mol. The Morgan fingerprint density at radius 2 is 2.24 bits per heavy atom. The van der Waals surface area contributed by atoms with Gasteiger partial charge in [-0.2, -0.15) is 4.31 Å². The van der Waals surface area contributed by atoms with Crippen molar-refractivity contribution in [3.05, 3.63) is 15.4 Å². The van der Waals surface area contributed by atoms with Crippen LogP contribution in [0, 0.1) is 6.92 Å². The smallest absolute Gasteiger partial charge is 0.252 e. The SMILES string of the molecule is Cc1cc(S(=O)(=O)N2CC[C@@H](N)C2)sc1Br.Cl. The molecule has 98 valence electrons. The third-order valence-electron chi connectivity index (χ3n) is 2.62. The van der Waals surface area contributed by atoms with E-state index in [1.807, 2.05) is 6.92 Å². The average Bonchev–Trinajstić information content (AvgIpc) is 2.75. The Kier molecular flexibility index (Phi) is 5.02. The molecule has 1 saturated heterocycles. The molecule has 2 N–H and O–H groups in total. The average molecular weight is 362 g/mol. The molecule has 0 unspecified atom stereocenters. The second-order valence-electron chi connectivity index (χ2n) is 3.93. The van der Waals surface area contributed by atoms with Crippen molar-refractivity contribution in [1.82, 2.24) is 4.31 Å². The summed E-state index contributed by atoms with van der Waals surface area (Å²) in [5, 5.41) is 0. The van der Waals surface area contributed by atoms with Gasteiger partial charge in [0.1, 0.15) is 4.21 Å². The second kappa shape index (κ2) is 5.54. The van der Waals surface area contributed by atoms with E-state index < -0.39 is 10.0 Å². The molecule has 17 heavy (non-hydrogen) atoms. The lowest BCUT2D eigenvalue weighted by atomic mass is 10.3. The van der Waals surface area contributed by atoms with Gasteiger partial charge in [-0.25, -0.2) is 8.42 Å². The van der Waals surface area contributed by atoms with Crippen molar-refractivity contribution in [1.29, 1.82) is 0 Å². The van der Waals surface area contributed by atoms with Crippen LogP contribution in [0.25, 0.3) is 0 Å². The summed E-state index contributed by atoms with van der Waals surface area (Å²) >= 11 is 4.60. The highest BCUT2D eigenvalue weighted by molar-refractivity contribution is 9.11. The molecule has 1 fully saturated rings. The van der Waals surface area contributed by atoms with Gasteiger partial charge in [-0.1, -0.05) is 0 Å². The fourth-order valence-corrected chi connectivity index (χ4v) is 5.55. The number of sulfonamides is 1. The highest BCUT2D eigenvalue weighted by atomic mass is 79.9. The number of aryl methyl sites for hydroxylation is 1. The van der Waals surface area contributed by atoms with Gasteiger partial charge in [0, 0.05) is 19.1 Å². The van der Waals surface area contributed by atoms with Crippen LogP contribution in [0.4, 0.5) is 0 Å². The molecule has 1 aliphatic rings. The number of thiophene rings is 1. The Bertz CT molecular complexity index is 484. The van der Waals surface area contributed by atoms with Gasteiger partial charge in [-0.3, -0.25) is 0 Å². The topological polar surface area (TPSA) is 63.4 Å². The van der Waals surface area contributed by atoms with Gasteiger partial charge in [0.2, 0.25) is 0 Å². The van der Waals surface area contributed by atoms with Gasteiger partial charge >= 0.3 is 0 Å². The number of hydrogen-bond acceptors (Lipinski definition) is 4. The first-order chi connectivity index (χ1) is 7.41. The van der Waals surface area contributed by atoms with Gasteiger partial charge in [0.25, 0.3) is 10.0 Å². The molecule has 0 aromatic carbocycles. The summed E-state index contributed by atoms with van der Waals surface area (Å²) in [6.07, 6.45) is 0.741. The molecule has 0 spiro atoms. The molecule has 1 aromatic heterocycles. The Morgan fingerprint density at radius 3 is 2.65 bits per heavy atom. The van der Waals surface area contributed by atoms with Gasteiger partial charge in [-0.15, -0.1) is 23.7 Å². The maximum absolute atomic E-state index is 12.2. The lowest BCUT2D eigenvalue weighted by Crippen LogP contribution is -2.31. The van der Waals surface area contributed by atoms with Crippen LogP contribution >= 0.6 is 39.7 Å². The fourth-order valence-electron chi connectivity index (χ4n) is 1.66. The summed E-state index contributed by atoms with van der Waals surface area (Å²) in [6, 6.07) is 1.67. The van der Waals surface area contributed by atoms with Crippen LogP contribution < -0.4 is 5.73 Å². The molecule has 0 bridgehead atoms. The Labute approximate surface area is 120 Å². The van der Waals surface area contributed by atoms with E-state index in [0.717, 1.165) is 15.8 Å². The van der Waals surface area contributed by atoms with Crippen molar-refractivity contribution >= 4 is 49.7 Å². The maximum Gasteiger partial charge on any atom is 0.252 e. The first kappa shape index (κ1) is 15.4. The normalized spacial score (nSPS) is 21.5. The second-order valence-corrected chi connectivity index (χ2v) is 8.47. The van der Waals surface area contributed by atoms with E-state index in [1.54, 1.807) is 6.07 Å². The zero-order chi connectivity index (χ0) is 11.9. The molecular weight excluding hydrogens is 348 g/mol. The van der Waals surface area contributed by atoms with Crippen molar-refractivity contribution in [3.8, 4) is 0 Å². The summed E-state index contributed by atoms with van der Waals surface area (Å²) in [6.45, 7) is 2.84. The van der Waals surface area contributed by atoms with E-state index in [2.05, 4.69) is 15.9 Å². The first-order valence-electron chi connectivity index (χ1n) is 4.93. The molecule has 0 amide bonds. The van der Waals surface area contributed by atoms with Crippen molar-refractivity contribution < 1.29 is 8.42 Å². The molecule has 2 rings (SSSR count). The summed E-state index contributed by atoms with van der Waals surface area (Å²) < 4.78 is 27.1. The quantitative estimate of drug-likeness (QED) is 0.876. The lowest BCUT2D eigenvalue weighted by Gasteiger charge is -2.13. The van der Waals surface area contributed by atoms with E-state index in [-0.39, 0.29) is 18.4 Å². The van der Waals surface area contributed by atoms with Crippen LogP contribution in [-0.2, 0) is 10.0 Å². The van der Waals surface area contributed by atoms with Crippen LogP contribution in [0.15, 0.2) is 14.1 Å². The molecular formula is C9H14BrClN2O2S2. The molecule has 4 nitrogen and oxygen atoms in total. The highest BCUT2D eigenvalue weighted by Crippen LogP contribution is 2.33. The largest absolute Gasteiger partial charge is 0.326 e. The van der Waals surface area contributed by atoms with E-state index in [9.17, 15) is 8.42 Å². The minimum Gasteiger partial charge on any atom is -0.326 e. The number of rotatable bonds is 2. The Hall–Kier alpha value is 0.340. The van der Waals surface area contributed by atoms with Crippen LogP contribution in [0.3, 0.4) is 0 Å². The summed E-state index contributed by atoms with van der Waals surface area (Å²) in [5.41, 5.74) is 6.67. The minimum atomic E-state index is -3.33. The van der Waals surface area contributed by atoms with Gasteiger partial charge in [0.05, 0.1) is 3.79 Å². The van der Waals surface area contributed by atoms with E-state index in [4.69, 9.17) is 5.73 Å². The highest BCUT2D eigenvalue weighted by Gasteiger charge is 2.32. The van der Waals surface area contributed by atoms with E-state index in [0.29, 0.717) is 17.3 Å². The number of hydrogen-bond donors (Lipinski definition) is 1.